The van der Waals surface area contributed by atoms with Crippen LogP contribution in [0.5, 0.6) is 0 Å². The van der Waals surface area contributed by atoms with Crippen molar-refractivity contribution in [1.29, 1.82) is 0 Å². The van der Waals surface area contributed by atoms with Crippen molar-refractivity contribution in [3.8, 4) is 0 Å². The minimum absolute atomic E-state index is 0.00307. The third-order valence-electron chi connectivity index (χ3n) is 2.89. The van der Waals surface area contributed by atoms with Gasteiger partial charge in [-0.05, 0) is 6.42 Å². The van der Waals surface area contributed by atoms with Crippen molar-refractivity contribution < 1.29 is 9.59 Å². The van der Waals surface area contributed by atoms with Gasteiger partial charge in [0.15, 0.2) is 0 Å². The van der Waals surface area contributed by atoms with Gasteiger partial charge in [-0.15, -0.1) is 0 Å². The maximum atomic E-state index is 11.9. The Kier molecular flexibility index (Phi) is 13.0. The van der Waals surface area contributed by atoms with Gasteiger partial charge in [0.25, 0.3) is 0 Å². The molecule has 0 saturated heterocycles. The number of carbonyl (C=O) groups excluding carboxylic acids is 2. The zero-order valence-corrected chi connectivity index (χ0v) is 12.8. The molecule has 124 valence electrons. The number of carbonyl (C=O) groups is 2. The Labute approximate surface area is 126 Å². The summed E-state index contributed by atoms with van der Waals surface area (Å²) in [5.74, 6) is -0.0372. The van der Waals surface area contributed by atoms with E-state index in [1.807, 2.05) is 0 Å². The smallest absolute Gasteiger partial charge is 0.222 e. The van der Waals surface area contributed by atoms with Crippen LogP contribution in [0, 0.1) is 0 Å². The maximum absolute atomic E-state index is 11.9. The lowest BCUT2D eigenvalue weighted by Gasteiger charge is -2.21. The zero-order valence-electron chi connectivity index (χ0n) is 12.8. The van der Waals surface area contributed by atoms with Gasteiger partial charge in [-0.25, -0.2) is 0 Å². The monoisotopic (exact) mass is 302 g/mol. The lowest BCUT2D eigenvalue weighted by atomic mass is 10.2. The first-order valence-corrected chi connectivity index (χ1v) is 7.51. The number of rotatable bonds is 13. The van der Waals surface area contributed by atoms with Crippen LogP contribution in [0.1, 0.15) is 19.3 Å². The van der Waals surface area contributed by atoms with E-state index in [0.29, 0.717) is 65.1 Å². The molecule has 0 atom stereocenters. The third kappa shape index (κ3) is 11.1. The average molecular weight is 302 g/mol. The van der Waals surface area contributed by atoms with E-state index < -0.39 is 0 Å². The van der Waals surface area contributed by atoms with E-state index in [2.05, 4.69) is 10.6 Å². The highest BCUT2D eigenvalue weighted by Gasteiger charge is 2.12. The number of nitrogens with one attached hydrogen (secondary N) is 2. The van der Waals surface area contributed by atoms with Crippen LogP contribution in [0.3, 0.4) is 0 Å². The Balaban J connectivity index is 3.70. The molecule has 0 aromatic rings. The van der Waals surface area contributed by atoms with Crippen LogP contribution < -0.4 is 27.8 Å². The zero-order chi connectivity index (χ0) is 15.9. The lowest BCUT2D eigenvalue weighted by Crippen LogP contribution is -2.38. The second-order valence-corrected chi connectivity index (χ2v) is 4.70. The molecule has 0 unspecified atom stereocenters. The van der Waals surface area contributed by atoms with Gasteiger partial charge in [-0.3, -0.25) is 9.59 Å². The molecule has 8 heteroatoms. The SMILES string of the molecule is NCCNCCNC(=O)CCCC(=O)N(CCN)CCN. The van der Waals surface area contributed by atoms with Gasteiger partial charge in [0.2, 0.25) is 11.8 Å². The molecule has 8 N–H and O–H groups in total. The van der Waals surface area contributed by atoms with Gasteiger partial charge in [0, 0.05) is 65.2 Å². The summed E-state index contributed by atoms with van der Waals surface area (Å²) in [6, 6.07) is 0. The van der Waals surface area contributed by atoms with Crippen molar-refractivity contribution >= 4 is 11.8 Å². The Hall–Kier alpha value is -1.22. The summed E-state index contributed by atoms with van der Waals surface area (Å²) in [4.78, 5) is 25.1. The summed E-state index contributed by atoms with van der Waals surface area (Å²) < 4.78 is 0. The van der Waals surface area contributed by atoms with Crippen molar-refractivity contribution in [2.24, 2.45) is 17.2 Å². The number of amides is 2. The molecule has 21 heavy (non-hydrogen) atoms. The van der Waals surface area contributed by atoms with Crippen LogP contribution in [0.15, 0.2) is 0 Å². The third-order valence-corrected chi connectivity index (χ3v) is 2.89. The maximum Gasteiger partial charge on any atom is 0.222 e. The van der Waals surface area contributed by atoms with Gasteiger partial charge in [-0.2, -0.15) is 0 Å². The molecule has 0 spiro atoms. The van der Waals surface area contributed by atoms with E-state index in [4.69, 9.17) is 17.2 Å². The van der Waals surface area contributed by atoms with Gasteiger partial charge < -0.3 is 32.7 Å². The summed E-state index contributed by atoms with van der Waals surface area (Å²) in [6.45, 7) is 4.44. The first kappa shape index (κ1) is 19.8. The highest BCUT2D eigenvalue weighted by atomic mass is 16.2. The van der Waals surface area contributed by atoms with Crippen molar-refractivity contribution in [2.45, 2.75) is 19.3 Å². The molecule has 0 aromatic carbocycles. The number of nitrogens with two attached hydrogens (primary N) is 3. The summed E-state index contributed by atoms with van der Waals surface area (Å²) >= 11 is 0. The van der Waals surface area contributed by atoms with Gasteiger partial charge >= 0.3 is 0 Å². The molecule has 0 fully saturated rings. The minimum Gasteiger partial charge on any atom is -0.355 e. The van der Waals surface area contributed by atoms with Crippen LogP contribution in [-0.2, 0) is 9.59 Å². The molecule has 0 saturated carbocycles. The lowest BCUT2D eigenvalue weighted by molar-refractivity contribution is -0.131. The first-order chi connectivity index (χ1) is 10.2. The average Bonchev–Trinajstić information content (AvgIpc) is 2.46. The fourth-order valence-corrected chi connectivity index (χ4v) is 1.84. The van der Waals surface area contributed by atoms with Gasteiger partial charge in [0.1, 0.15) is 0 Å². The Bertz CT molecular complexity index is 282. The van der Waals surface area contributed by atoms with Crippen molar-refractivity contribution in [1.82, 2.24) is 15.5 Å². The molecule has 0 aliphatic carbocycles. The molecular formula is C13H30N6O2. The summed E-state index contributed by atoms with van der Waals surface area (Å²) in [5.41, 5.74) is 16.2. The van der Waals surface area contributed by atoms with E-state index in [1.165, 1.54) is 0 Å². The van der Waals surface area contributed by atoms with Crippen LogP contribution >= 0.6 is 0 Å². The van der Waals surface area contributed by atoms with E-state index >= 15 is 0 Å². The highest BCUT2D eigenvalue weighted by Crippen LogP contribution is 2.00. The van der Waals surface area contributed by atoms with Gasteiger partial charge in [-0.1, -0.05) is 0 Å². The predicted octanol–water partition coefficient (Wildman–Crippen LogP) is -2.43. The van der Waals surface area contributed by atoms with E-state index in [-0.39, 0.29) is 11.8 Å². The van der Waals surface area contributed by atoms with E-state index in [0.717, 1.165) is 6.54 Å². The first-order valence-electron chi connectivity index (χ1n) is 7.51. The second kappa shape index (κ2) is 13.7. The second-order valence-electron chi connectivity index (χ2n) is 4.70. The quantitative estimate of drug-likeness (QED) is 0.240. The predicted molar refractivity (Wildman–Crippen MR) is 83.5 cm³/mol. The van der Waals surface area contributed by atoms with E-state index in [9.17, 15) is 9.59 Å². The fraction of sp³-hybridized carbons (Fsp3) is 0.846. The van der Waals surface area contributed by atoms with Gasteiger partial charge in [0.05, 0.1) is 0 Å². The number of hydrogen-bond donors (Lipinski definition) is 5. The normalized spacial score (nSPS) is 10.4. The summed E-state index contributed by atoms with van der Waals surface area (Å²) in [7, 11) is 0. The molecule has 0 heterocycles. The van der Waals surface area contributed by atoms with Crippen molar-refractivity contribution in [3.05, 3.63) is 0 Å². The van der Waals surface area contributed by atoms with Crippen LogP contribution in [-0.4, -0.2) is 69.1 Å². The largest absolute Gasteiger partial charge is 0.355 e. The minimum atomic E-state index is -0.0402. The molecule has 8 nitrogen and oxygen atoms in total. The summed E-state index contributed by atoms with van der Waals surface area (Å²) in [5, 5.41) is 5.87. The molecule has 0 bridgehead atoms. The molecule has 0 aliphatic rings. The van der Waals surface area contributed by atoms with Crippen LogP contribution in [0.2, 0.25) is 0 Å². The molecule has 0 aliphatic heterocycles. The molecule has 0 radical (unpaired) electrons. The summed E-state index contributed by atoms with van der Waals surface area (Å²) in [6.07, 6.45) is 1.23. The van der Waals surface area contributed by atoms with Crippen LogP contribution in [0.4, 0.5) is 0 Å². The molecule has 2 amide bonds. The molecule has 0 aromatic heterocycles. The number of nitrogens with zero attached hydrogens (tertiary/aromatic N) is 1. The molecular weight excluding hydrogens is 272 g/mol. The number of hydrogen-bond acceptors (Lipinski definition) is 6. The van der Waals surface area contributed by atoms with Crippen LogP contribution in [0.25, 0.3) is 0 Å². The fourth-order valence-electron chi connectivity index (χ4n) is 1.84. The van der Waals surface area contributed by atoms with E-state index in [1.54, 1.807) is 4.90 Å². The standard InChI is InChI=1S/C13H30N6O2/c14-4-7-17-8-9-18-12(20)2-1-3-13(21)19(10-5-15)11-6-16/h17H,1-11,14-16H2,(H,18,20). The topological polar surface area (TPSA) is 140 Å². The highest BCUT2D eigenvalue weighted by molar-refractivity contribution is 5.78. The Morgan fingerprint density at radius 1 is 0.857 bits per heavy atom. The Morgan fingerprint density at radius 3 is 2.10 bits per heavy atom. The van der Waals surface area contributed by atoms with Crippen molar-refractivity contribution in [3.63, 3.8) is 0 Å². The molecule has 0 rings (SSSR count). The Morgan fingerprint density at radius 2 is 1.52 bits per heavy atom. The van der Waals surface area contributed by atoms with Crippen molar-refractivity contribution in [2.75, 3.05) is 52.4 Å².